The van der Waals surface area contributed by atoms with Crippen molar-refractivity contribution in [3.63, 3.8) is 0 Å². The van der Waals surface area contributed by atoms with E-state index in [0.29, 0.717) is 42.1 Å². The number of imidazole rings is 1. The van der Waals surface area contributed by atoms with Gasteiger partial charge in [-0.25, -0.2) is 14.3 Å². The average molecular weight is 474 g/mol. The van der Waals surface area contributed by atoms with E-state index in [-0.39, 0.29) is 6.09 Å². The standard InChI is InChI=1S/C23H28ClN5O4/c1-14-20(15-7-8-17(31-5)18(11-15)32-6)29-21(25-14)16(12-19(24)26-29)27-9-10-28(13-27)22(30)33-23(2,3)4/h7-8,11-12H,9-10,13H2,1-6H3. The van der Waals surface area contributed by atoms with Gasteiger partial charge < -0.3 is 19.1 Å². The van der Waals surface area contributed by atoms with Crippen molar-refractivity contribution in [1.29, 1.82) is 0 Å². The molecular formula is C23H28ClN5O4. The first kappa shape index (κ1) is 23.0. The molecule has 0 atom stereocenters. The Labute approximate surface area is 197 Å². The van der Waals surface area contributed by atoms with Gasteiger partial charge in [-0.2, -0.15) is 5.10 Å². The van der Waals surface area contributed by atoms with Crippen LogP contribution in [0, 0.1) is 6.92 Å². The summed E-state index contributed by atoms with van der Waals surface area (Å²) in [7, 11) is 3.20. The number of carbonyl (C=O) groups excluding carboxylic acids is 1. The lowest BCUT2D eigenvalue weighted by Crippen LogP contribution is -2.36. The molecule has 33 heavy (non-hydrogen) atoms. The zero-order chi connectivity index (χ0) is 23.9. The normalized spacial score (nSPS) is 14.2. The molecule has 3 aromatic rings. The van der Waals surface area contributed by atoms with Crippen molar-refractivity contribution in [2.24, 2.45) is 0 Å². The summed E-state index contributed by atoms with van der Waals surface area (Å²) < 4.78 is 18.1. The van der Waals surface area contributed by atoms with Gasteiger partial charge in [-0.3, -0.25) is 4.90 Å². The Kier molecular flexibility index (Phi) is 6.00. The number of methoxy groups -OCH3 is 2. The SMILES string of the molecule is COc1ccc(-c2c(C)nc3c(N4CCN(C(=O)OC(C)(C)C)C4)cc(Cl)nn23)cc1OC. The zero-order valence-electron chi connectivity index (χ0n) is 19.7. The van der Waals surface area contributed by atoms with Crippen LogP contribution in [0.3, 0.4) is 0 Å². The predicted molar refractivity (Wildman–Crippen MR) is 126 cm³/mol. The molecule has 176 valence electrons. The topological polar surface area (TPSA) is 81.4 Å². The fourth-order valence-electron chi connectivity index (χ4n) is 3.89. The molecule has 0 bridgehead atoms. The number of hydrogen-bond donors (Lipinski definition) is 0. The van der Waals surface area contributed by atoms with Crippen LogP contribution in [0.15, 0.2) is 24.3 Å². The molecule has 1 aliphatic rings. The number of nitrogens with zero attached hydrogens (tertiary/aromatic N) is 5. The molecule has 1 saturated heterocycles. The summed E-state index contributed by atoms with van der Waals surface area (Å²) in [6, 6.07) is 7.44. The highest BCUT2D eigenvalue weighted by Gasteiger charge is 2.30. The monoisotopic (exact) mass is 473 g/mol. The van der Waals surface area contributed by atoms with Gasteiger partial charge >= 0.3 is 6.09 Å². The maximum absolute atomic E-state index is 12.5. The molecule has 0 aliphatic carbocycles. The summed E-state index contributed by atoms with van der Waals surface area (Å²) in [5.74, 6) is 1.25. The molecule has 1 aromatic carbocycles. The lowest BCUT2D eigenvalue weighted by Gasteiger charge is -2.25. The van der Waals surface area contributed by atoms with Gasteiger partial charge in [0.05, 0.1) is 38.0 Å². The van der Waals surface area contributed by atoms with Crippen molar-refractivity contribution >= 4 is 29.0 Å². The highest BCUT2D eigenvalue weighted by atomic mass is 35.5. The number of aryl methyl sites for hydroxylation is 1. The van der Waals surface area contributed by atoms with Crippen LogP contribution < -0.4 is 14.4 Å². The number of ether oxygens (including phenoxy) is 3. The van der Waals surface area contributed by atoms with E-state index in [1.165, 1.54) is 0 Å². The summed E-state index contributed by atoms with van der Waals surface area (Å²) in [5.41, 5.74) is 3.38. The third-order valence-electron chi connectivity index (χ3n) is 5.34. The number of fused-ring (bicyclic) bond motifs is 1. The van der Waals surface area contributed by atoms with E-state index in [1.54, 1.807) is 29.7 Å². The van der Waals surface area contributed by atoms with Crippen molar-refractivity contribution in [2.75, 3.05) is 38.9 Å². The number of carbonyl (C=O) groups is 1. The summed E-state index contributed by atoms with van der Waals surface area (Å²) in [6.45, 7) is 9.05. The quantitative estimate of drug-likeness (QED) is 0.555. The van der Waals surface area contributed by atoms with Crippen LogP contribution in [0.1, 0.15) is 26.5 Å². The number of aromatic nitrogens is 3. The van der Waals surface area contributed by atoms with Crippen LogP contribution in [-0.2, 0) is 4.74 Å². The molecule has 0 radical (unpaired) electrons. The number of benzene rings is 1. The van der Waals surface area contributed by atoms with E-state index >= 15 is 0 Å². The van der Waals surface area contributed by atoms with Crippen LogP contribution >= 0.6 is 11.6 Å². The highest BCUT2D eigenvalue weighted by molar-refractivity contribution is 6.29. The van der Waals surface area contributed by atoms with E-state index < -0.39 is 5.60 Å². The van der Waals surface area contributed by atoms with Crippen LogP contribution in [0.4, 0.5) is 10.5 Å². The Morgan fingerprint density at radius 3 is 2.48 bits per heavy atom. The van der Waals surface area contributed by atoms with Crippen molar-refractivity contribution in [3.8, 4) is 22.8 Å². The second-order valence-corrected chi connectivity index (χ2v) is 9.24. The molecule has 9 nitrogen and oxygen atoms in total. The molecule has 1 fully saturated rings. The fourth-order valence-corrected chi connectivity index (χ4v) is 4.07. The first-order valence-electron chi connectivity index (χ1n) is 10.6. The molecule has 1 amide bonds. The number of rotatable bonds is 4. The maximum Gasteiger partial charge on any atom is 0.411 e. The van der Waals surface area contributed by atoms with E-state index in [1.807, 2.05) is 45.9 Å². The molecular weight excluding hydrogens is 446 g/mol. The number of anilines is 1. The molecule has 1 aliphatic heterocycles. The van der Waals surface area contributed by atoms with Gasteiger partial charge in [0.25, 0.3) is 0 Å². The molecule has 10 heteroatoms. The van der Waals surface area contributed by atoms with Crippen molar-refractivity contribution < 1.29 is 19.0 Å². The van der Waals surface area contributed by atoms with Gasteiger partial charge in [0, 0.05) is 24.7 Å². The average Bonchev–Trinajstić information content (AvgIpc) is 3.36. The van der Waals surface area contributed by atoms with Crippen molar-refractivity contribution in [1.82, 2.24) is 19.5 Å². The van der Waals surface area contributed by atoms with E-state index in [9.17, 15) is 4.79 Å². The van der Waals surface area contributed by atoms with Gasteiger partial charge in [0.15, 0.2) is 22.3 Å². The minimum atomic E-state index is -0.549. The largest absolute Gasteiger partial charge is 0.493 e. The summed E-state index contributed by atoms with van der Waals surface area (Å²) in [6.07, 6.45) is -0.341. The van der Waals surface area contributed by atoms with Crippen LogP contribution in [-0.4, -0.2) is 65.2 Å². The smallest absolute Gasteiger partial charge is 0.411 e. The molecule has 3 heterocycles. The zero-order valence-corrected chi connectivity index (χ0v) is 20.4. The Balaban J connectivity index is 1.72. The van der Waals surface area contributed by atoms with E-state index in [4.69, 9.17) is 30.8 Å². The number of amides is 1. The second-order valence-electron chi connectivity index (χ2n) is 8.85. The van der Waals surface area contributed by atoms with E-state index in [2.05, 4.69) is 10.00 Å². The van der Waals surface area contributed by atoms with Gasteiger partial charge in [-0.05, 0) is 45.9 Å². The summed E-state index contributed by atoms with van der Waals surface area (Å²) in [5, 5.41) is 4.85. The Bertz CT molecular complexity index is 1200. The van der Waals surface area contributed by atoms with Gasteiger partial charge in [-0.15, -0.1) is 0 Å². The maximum atomic E-state index is 12.5. The molecule has 0 saturated carbocycles. The number of hydrogen-bond acceptors (Lipinski definition) is 7. The Morgan fingerprint density at radius 1 is 1.09 bits per heavy atom. The predicted octanol–water partition coefficient (Wildman–Crippen LogP) is 4.39. The second kappa shape index (κ2) is 8.62. The number of halogens is 1. The molecule has 0 N–H and O–H groups in total. The molecule has 4 rings (SSSR count). The highest BCUT2D eigenvalue weighted by Crippen LogP contribution is 2.36. The summed E-state index contributed by atoms with van der Waals surface area (Å²) in [4.78, 5) is 21.0. The molecule has 0 unspecified atom stereocenters. The van der Waals surface area contributed by atoms with Crippen molar-refractivity contribution in [3.05, 3.63) is 35.1 Å². The Hall–Kier alpha value is -3.20. The molecule has 0 spiro atoms. The van der Waals surface area contributed by atoms with Gasteiger partial charge in [0.2, 0.25) is 0 Å². The third kappa shape index (κ3) is 4.50. The fraction of sp³-hybridized carbons (Fsp3) is 0.435. The first-order chi connectivity index (χ1) is 15.6. The summed E-state index contributed by atoms with van der Waals surface area (Å²) >= 11 is 6.43. The van der Waals surface area contributed by atoms with Crippen LogP contribution in [0.5, 0.6) is 11.5 Å². The van der Waals surface area contributed by atoms with Gasteiger partial charge in [0.1, 0.15) is 5.60 Å². The minimum absolute atomic E-state index is 0.326. The van der Waals surface area contributed by atoms with E-state index in [0.717, 1.165) is 22.6 Å². The third-order valence-corrected chi connectivity index (χ3v) is 5.52. The lowest BCUT2D eigenvalue weighted by atomic mass is 10.1. The molecule has 2 aromatic heterocycles. The first-order valence-corrected chi connectivity index (χ1v) is 11.0. The van der Waals surface area contributed by atoms with Crippen LogP contribution in [0.25, 0.3) is 16.9 Å². The minimum Gasteiger partial charge on any atom is -0.493 e. The van der Waals surface area contributed by atoms with Gasteiger partial charge in [-0.1, -0.05) is 11.6 Å². The Morgan fingerprint density at radius 2 is 1.82 bits per heavy atom. The lowest BCUT2D eigenvalue weighted by molar-refractivity contribution is 0.0297. The van der Waals surface area contributed by atoms with Crippen molar-refractivity contribution in [2.45, 2.75) is 33.3 Å². The van der Waals surface area contributed by atoms with Crippen LogP contribution in [0.2, 0.25) is 5.15 Å².